The fourth-order valence-corrected chi connectivity index (χ4v) is 2.19. The molecular formula is C16H20N2O3. The molecule has 1 aromatic carbocycles. The summed E-state index contributed by atoms with van der Waals surface area (Å²) in [6.45, 7) is 3.37. The van der Waals surface area contributed by atoms with Gasteiger partial charge in [-0.2, -0.15) is 0 Å². The van der Waals surface area contributed by atoms with Crippen molar-refractivity contribution < 1.29 is 9.47 Å². The second-order valence-corrected chi connectivity index (χ2v) is 4.55. The third-order valence-electron chi connectivity index (χ3n) is 3.19. The summed E-state index contributed by atoms with van der Waals surface area (Å²) in [5.41, 5.74) is 7.39. The van der Waals surface area contributed by atoms with E-state index in [1.165, 1.54) is 0 Å². The number of anilines is 1. The van der Waals surface area contributed by atoms with Gasteiger partial charge in [0.15, 0.2) is 0 Å². The Kier molecular flexibility index (Phi) is 5.00. The van der Waals surface area contributed by atoms with Crippen LogP contribution in [0.2, 0.25) is 0 Å². The summed E-state index contributed by atoms with van der Waals surface area (Å²) in [6.07, 6.45) is 0. The van der Waals surface area contributed by atoms with Crippen molar-refractivity contribution in [3.63, 3.8) is 0 Å². The highest BCUT2D eigenvalue weighted by atomic mass is 16.5. The van der Waals surface area contributed by atoms with Gasteiger partial charge in [0.05, 0.1) is 24.6 Å². The van der Waals surface area contributed by atoms with Gasteiger partial charge in [0, 0.05) is 19.2 Å². The normalized spacial score (nSPS) is 10.6. The van der Waals surface area contributed by atoms with E-state index in [0.29, 0.717) is 19.8 Å². The van der Waals surface area contributed by atoms with Crippen molar-refractivity contribution in [2.24, 2.45) is 0 Å². The predicted octanol–water partition coefficient (Wildman–Crippen LogP) is 2.14. The van der Waals surface area contributed by atoms with Gasteiger partial charge >= 0.3 is 0 Å². The summed E-state index contributed by atoms with van der Waals surface area (Å²) in [5.74, 6) is 0.746. The molecule has 21 heavy (non-hydrogen) atoms. The molecule has 1 aromatic heterocycles. The first-order valence-corrected chi connectivity index (χ1v) is 6.89. The Morgan fingerprint density at radius 2 is 1.95 bits per heavy atom. The molecule has 0 aliphatic carbocycles. The van der Waals surface area contributed by atoms with Gasteiger partial charge in [-0.1, -0.05) is 12.1 Å². The minimum Gasteiger partial charge on any atom is -0.493 e. The maximum atomic E-state index is 12.3. The number of pyridine rings is 1. The molecule has 2 aromatic rings. The van der Waals surface area contributed by atoms with Crippen LogP contribution < -0.4 is 16.0 Å². The second-order valence-electron chi connectivity index (χ2n) is 4.55. The first-order valence-electron chi connectivity index (χ1n) is 6.89. The Balaban J connectivity index is 2.58. The van der Waals surface area contributed by atoms with E-state index in [4.69, 9.17) is 15.2 Å². The molecule has 5 heteroatoms. The molecule has 1 heterocycles. The number of para-hydroxylation sites is 1. The van der Waals surface area contributed by atoms with Crippen LogP contribution in [0.4, 0.5) is 5.69 Å². The molecule has 0 atom stereocenters. The number of hydrogen-bond donors (Lipinski definition) is 1. The van der Waals surface area contributed by atoms with Gasteiger partial charge in [-0.3, -0.25) is 4.79 Å². The first-order chi connectivity index (χ1) is 10.2. The minimum atomic E-state index is -0.212. The van der Waals surface area contributed by atoms with Crippen molar-refractivity contribution in [3.05, 3.63) is 46.8 Å². The molecule has 2 rings (SSSR count). The largest absolute Gasteiger partial charge is 0.493 e. The number of ether oxygens (including phenoxy) is 2. The monoisotopic (exact) mass is 288 g/mol. The van der Waals surface area contributed by atoms with Crippen molar-refractivity contribution in [2.45, 2.75) is 13.5 Å². The maximum absolute atomic E-state index is 12.3. The Morgan fingerprint density at radius 3 is 2.67 bits per heavy atom. The predicted molar refractivity (Wildman–Crippen MR) is 83.6 cm³/mol. The summed E-state index contributed by atoms with van der Waals surface area (Å²) in [7, 11) is 1.60. The van der Waals surface area contributed by atoms with Crippen LogP contribution in [-0.2, 0) is 11.3 Å². The number of nitrogens with zero attached hydrogens (tertiary/aromatic N) is 1. The van der Waals surface area contributed by atoms with Gasteiger partial charge in [0.2, 0.25) is 0 Å². The highest BCUT2D eigenvalue weighted by molar-refractivity contribution is 5.68. The van der Waals surface area contributed by atoms with Crippen LogP contribution in [0.3, 0.4) is 0 Å². The number of hydrogen-bond acceptors (Lipinski definition) is 4. The van der Waals surface area contributed by atoms with Crippen molar-refractivity contribution in [1.82, 2.24) is 4.57 Å². The number of nitrogens with two attached hydrogens (primary N) is 1. The zero-order valence-corrected chi connectivity index (χ0v) is 12.3. The molecule has 112 valence electrons. The van der Waals surface area contributed by atoms with E-state index >= 15 is 0 Å². The number of aromatic nitrogens is 1. The molecule has 0 bridgehead atoms. The molecule has 0 fully saturated rings. The Labute approximate surface area is 123 Å². The molecule has 0 aliphatic rings. The molecule has 0 saturated heterocycles. The number of benzene rings is 1. The highest BCUT2D eigenvalue weighted by Crippen LogP contribution is 2.29. The average Bonchev–Trinajstić information content (AvgIpc) is 2.50. The molecule has 0 aliphatic heterocycles. The van der Waals surface area contributed by atoms with Crippen molar-refractivity contribution >= 4 is 5.69 Å². The average molecular weight is 288 g/mol. The number of rotatable bonds is 6. The third-order valence-corrected chi connectivity index (χ3v) is 3.19. The Hall–Kier alpha value is -2.27. The SMILES string of the molecule is CCOc1ccccc1-c1ccc(N)c(=O)n1CCOC. The highest BCUT2D eigenvalue weighted by Gasteiger charge is 2.12. The quantitative estimate of drug-likeness (QED) is 0.884. The second kappa shape index (κ2) is 6.95. The van der Waals surface area contributed by atoms with Crippen LogP contribution in [-0.4, -0.2) is 24.9 Å². The van der Waals surface area contributed by atoms with Gasteiger partial charge in [-0.05, 0) is 31.2 Å². The van der Waals surface area contributed by atoms with Crippen LogP contribution in [0.25, 0.3) is 11.3 Å². The van der Waals surface area contributed by atoms with Gasteiger partial charge in [0.1, 0.15) is 5.75 Å². The van der Waals surface area contributed by atoms with Crippen LogP contribution in [0.1, 0.15) is 6.92 Å². The molecule has 0 saturated carbocycles. The van der Waals surface area contributed by atoms with Crippen molar-refractivity contribution in [2.75, 3.05) is 26.1 Å². The van der Waals surface area contributed by atoms with Gasteiger partial charge in [0.25, 0.3) is 5.56 Å². The van der Waals surface area contributed by atoms with E-state index in [-0.39, 0.29) is 11.2 Å². The summed E-state index contributed by atoms with van der Waals surface area (Å²) >= 11 is 0. The molecule has 5 nitrogen and oxygen atoms in total. The molecular weight excluding hydrogens is 268 g/mol. The van der Waals surface area contributed by atoms with Crippen molar-refractivity contribution in [3.8, 4) is 17.0 Å². The van der Waals surface area contributed by atoms with Gasteiger partial charge in [-0.25, -0.2) is 0 Å². The first kappa shape index (κ1) is 15.1. The molecule has 0 radical (unpaired) electrons. The van der Waals surface area contributed by atoms with E-state index in [2.05, 4.69) is 0 Å². The van der Waals surface area contributed by atoms with Crippen LogP contribution in [0, 0.1) is 0 Å². The number of nitrogen functional groups attached to an aromatic ring is 1. The minimum absolute atomic E-state index is 0.212. The van der Waals surface area contributed by atoms with E-state index < -0.39 is 0 Å². The molecule has 2 N–H and O–H groups in total. The third kappa shape index (κ3) is 3.25. The Morgan fingerprint density at radius 1 is 1.19 bits per heavy atom. The lowest BCUT2D eigenvalue weighted by Crippen LogP contribution is -2.26. The zero-order chi connectivity index (χ0) is 15.2. The van der Waals surface area contributed by atoms with E-state index in [1.54, 1.807) is 17.7 Å². The fourth-order valence-electron chi connectivity index (χ4n) is 2.19. The topological polar surface area (TPSA) is 66.5 Å². The fraction of sp³-hybridized carbons (Fsp3) is 0.312. The maximum Gasteiger partial charge on any atom is 0.274 e. The molecule has 0 amide bonds. The lowest BCUT2D eigenvalue weighted by molar-refractivity contribution is 0.186. The summed E-state index contributed by atoms with van der Waals surface area (Å²) < 4.78 is 12.3. The van der Waals surface area contributed by atoms with Gasteiger partial charge in [-0.15, -0.1) is 0 Å². The molecule has 0 unspecified atom stereocenters. The summed E-state index contributed by atoms with van der Waals surface area (Å²) in [4.78, 5) is 12.3. The standard InChI is InChI=1S/C16H20N2O3/c1-3-21-15-7-5-4-6-12(15)14-9-8-13(17)16(19)18(14)10-11-20-2/h4-9H,3,10-11,17H2,1-2H3. The summed E-state index contributed by atoms with van der Waals surface area (Å²) in [6, 6.07) is 11.1. The smallest absolute Gasteiger partial charge is 0.274 e. The van der Waals surface area contributed by atoms with Crippen LogP contribution in [0.5, 0.6) is 5.75 Å². The van der Waals surface area contributed by atoms with Gasteiger partial charge < -0.3 is 19.8 Å². The van der Waals surface area contributed by atoms with Crippen LogP contribution >= 0.6 is 0 Å². The Bertz CT molecular complexity index is 665. The number of methoxy groups -OCH3 is 1. The lowest BCUT2D eigenvalue weighted by atomic mass is 10.1. The zero-order valence-electron chi connectivity index (χ0n) is 12.3. The van der Waals surface area contributed by atoms with E-state index in [1.807, 2.05) is 37.3 Å². The summed E-state index contributed by atoms with van der Waals surface area (Å²) in [5, 5.41) is 0. The van der Waals surface area contributed by atoms with Crippen LogP contribution in [0.15, 0.2) is 41.2 Å². The van der Waals surface area contributed by atoms with E-state index in [9.17, 15) is 4.79 Å². The van der Waals surface area contributed by atoms with Crippen molar-refractivity contribution in [1.29, 1.82) is 0 Å². The lowest BCUT2D eigenvalue weighted by Gasteiger charge is -2.16. The molecule has 0 spiro atoms. The van der Waals surface area contributed by atoms with E-state index in [0.717, 1.165) is 17.0 Å².